The molecule has 0 saturated heterocycles. The molecule has 0 aliphatic carbocycles. The predicted octanol–water partition coefficient (Wildman–Crippen LogP) is 4.79. The van der Waals surface area contributed by atoms with Gasteiger partial charge in [0, 0.05) is 22.9 Å². The van der Waals surface area contributed by atoms with Gasteiger partial charge in [-0.25, -0.2) is 4.79 Å². The summed E-state index contributed by atoms with van der Waals surface area (Å²) in [6, 6.07) is 11.9. The van der Waals surface area contributed by atoms with E-state index in [0.717, 1.165) is 22.1 Å². The van der Waals surface area contributed by atoms with Crippen LogP contribution in [0, 0.1) is 20.8 Å². The van der Waals surface area contributed by atoms with Crippen molar-refractivity contribution in [2.24, 2.45) is 0 Å². The summed E-state index contributed by atoms with van der Waals surface area (Å²) in [5.74, 6) is 0.366. The van der Waals surface area contributed by atoms with Gasteiger partial charge in [-0.15, -0.1) is 0 Å². The van der Waals surface area contributed by atoms with Crippen LogP contribution in [0.25, 0.3) is 11.0 Å². The Morgan fingerprint density at radius 2 is 1.79 bits per heavy atom. The Hall–Kier alpha value is -3.08. The van der Waals surface area contributed by atoms with E-state index in [1.54, 1.807) is 6.92 Å². The molecule has 0 aliphatic rings. The molecule has 5 nitrogen and oxygen atoms in total. The summed E-state index contributed by atoms with van der Waals surface area (Å²) in [5.41, 5.74) is 4.51. The molecule has 0 unspecified atom stereocenters. The van der Waals surface area contributed by atoms with Crippen molar-refractivity contribution in [2.45, 2.75) is 47.1 Å². The van der Waals surface area contributed by atoms with E-state index >= 15 is 0 Å². The van der Waals surface area contributed by atoms with Crippen molar-refractivity contribution >= 4 is 16.9 Å². The van der Waals surface area contributed by atoms with Crippen LogP contribution in [-0.2, 0) is 22.6 Å². The summed E-state index contributed by atoms with van der Waals surface area (Å²) >= 11 is 0. The average molecular weight is 394 g/mol. The van der Waals surface area contributed by atoms with Crippen LogP contribution in [0.15, 0.2) is 45.6 Å². The van der Waals surface area contributed by atoms with Crippen LogP contribution < -0.4 is 10.4 Å². The van der Waals surface area contributed by atoms with Crippen LogP contribution in [0.5, 0.6) is 5.75 Å². The molecule has 0 saturated carbocycles. The van der Waals surface area contributed by atoms with Crippen LogP contribution >= 0.6 is 0 Å². The van der Waals surface area contributed by atoms with Crippen molar-refractivity contribution in [1.29, 1.82) is 0 Å². The Morgan fingerprint density at radius 3 is 2.52 bits per heavy atom. The van der Waals surface area contributed by atoms with E-state index < -0.39 is 5.63 Å². The van der Waals surface area contributed by atoms with Gasteiger partial charge >= 0.3 is 11.6 Å². The predicted molar refractivity (Wildman–Crippen MR) is 112 cm³/mol. The average Bonchev–Trinajstić information content (AvgIpc) is 2.69. The van der Waals surface area contributed by atoms with Crippen molar-refractivity contribution in [3.63, 3.8) is 0 Å². The third-order valence-corrected chi connectivity index (χ3v) is 5.18. The summed E-state index contributed by atoms with van der Waals surface area (Å²) < 4.78 is 16.6. The Labute approximate surface area is 170 Å². The molecule has 0 aliphatic heterocycles. The quantitative estimate of drug-likeness (QED) is 0.426. The highest BCUT2D eigenvalue weighted by molar-refractivity contribution is 5.85. The molecule has 1 aromatic heterocycles. The normalized spacial score (nSPS) is 10.9. The van der Waals surface area contributed by atoms with Gasteiger partial charge in [0.05, 0.1) is 6.61 Å². The smallest absolute Gasteiger partial charge is 0.339 e. The van der Waals surface area contributed by atoms with Crippen LogP contribution in [-0.4, -0.2) is 12.6 Å². The van der Waals surface area contributed by atoms with Gasteiger partial charge < -0.3 is 13.9 Å². The van der Waals surface area contributed by atoms with Crippen LogP contribution in [0.1, 0.15) is 41.2 Å². The zero-order valence-corrected chi connectivity index (χ0v) is 17.3. The first-order valence-electron chi connectivity index (χ1n) is 9.81. The minimum absolute atomic E-state index is 0.154. The molecular formula is C24H26O5. The molecule has 0 atom stereocenters. The van der Waals surface area contributed by atoms with Gasteiger partial charge in [0.2, 0.25) is 0 Å². The Bertz CT molecular complexity index is 1090. The number of fused-ring (bicyclic) bond motifs is 1. The van der Waals surface area contributed by atoms with Gasteiger partial charge in [-0.3, -0.25) is 4.79 Å². The lowest BCUT2D eigenvalue weighted by Gasteiger charge is -2.14. The van der Waals surface area contributed by atoms with E-state index in [0.29, 0.717) is 36.5 Å². The lowest BCUT2D eigenvalue weighted by molar-refractivity contribution is -0.143. The second-order valence-electron chi connectivity index (χ2n) is 7.08. The molecule has 0 radical (unpaired) electrons. The summed E-state index contributed by atoms with van der Waals surface area (Å²) in [4.78, 5) is 24.2. The molecule has 1 heterocycles. The number of hydrogen-bond acceptors (Lipinski definition) is 5. The van der Waals surface area contributed by atoms with Crippen LogP contribution in [0.2, 0.25) is 0 Å². The molecule has 0 N–H and O–H groups in total. The molecule has 29 heavy (non-hydrogen) atoms. The highest BCUT2D eigenvalue weighted by Crippen LogP contribution is 2.30. The van der Waals surface area contributed by atoms with Gasteiger partial charge in [-0.1, -0.05) is 24.3 Å². The maximum atomic E-state index is 12.6. The maximum Gasteiger partial charge on any atom is 0.339 e. The zero-order valence-electron chi connectivity index (χ0n) is 17.3. The van der Waals surface area contributed by atoms with E-state index in [-0.39, 0.29) is 12.4 Å². The van der Waals surface area contributed by atoms with Crippen molar-refractivity contribution < 1.29 is 18.7 Å². The van der Waals surface area contributed by atoms with Gasteiger partial charge in [-0.05, 0) is 62.9 Å². The van der Waals surface area contributed by atoms with Crippen molar-refractivity contribution in [2.75, 3.05) is 6.61 Å². The lowest BCUT2D eigenvalue weighted by atomic mass is 10.0. The van der Waals surface area contributed by atoms with Crippen LogP contribution in [0.4, 0.5) is 0 Å². The third-order valence-electron chi connectivity index (χ3n) is 5.18. The fourth-order valence-electron chi connectivity index (χ4n) is 3.40. The molecule has 3 aromatic rings. The maximum absolute atomic E-state index is 12.6. The number of ether oxygens (including phenoxy) is 2. The Morgan fingerprint density at radius 1 is 1.03 bits per heavy atom. The van der Waals surface area contributed by atoms with E-state index in [1.807, 2.05) is 57.2 Å². The van der Waals surface area contributed by atoms with Gasteiger partial charge in [-0.2, -0.15) is 0 Å². The van der Waals surface area contributed by atoms with E-state index in [1.165, 1.54) is 5.56 Å². The Kier molecular flexibility index (Phi) is 6.37. The number of rotatable bonds is 7. The van der Waals surface area contributed by atoms with Gasteiger partial charge in [0.25, 0.3) is 0 Å². The molecule has 152 valence electrons. The number of esters is 1. The number of carbonyl (C=O) groups excluding carboxylic acids is 1. The van der Waals surface area contributed by atoms with E-state index in [2.05, 4.69) is 0 Å². The van der Waals surface area contributed by atoms with E-state index in [4.69, 9.17) is 13.9 Å². The first-order valence-corrected chi connectivity index (χ1v) is 9.81. The fraction of sp³-hybridized carbons (Fsp3) is 0.333. The molecule has 0 fully saturated rings. The minimum atomic E-state index is -0.418. The minimum Gasteiger partial charge on any atom is -0.488 e. The zero-order chi connectivity index (χ0) is 21.0. The number of benzene rings is 2. The number of hydrogen-bond donors (Lipinski definition) is 0. The van der Waals surface area contributed by atoms with Crippen molar-refractivity contribution in [3.05, 3.63) is 74.6 Å². The van der Waals surface area contributed by atoms with Crippen LogP contribution in [0.3, 0.4) is 0 Å². The Balaban J connectivity index is 1.88. The van der Waals surface area contributed by atoms with Crippen molar-refractivity contribution in [3.8, 4) is 5.75 Å². The third kappa shape index (κ3) is 4.50. The highest BCUT2D eigenvalue weighted by atomic mass is 16.5. The number of aryl methyl sites for hydroxylation is 3. The fourth-order valence-corrected chi connectivity index (χ4v) is 3.40. The molecular weight excluding hydrogens is 368 g/mol. The summed E-state index contributed by atoms with van der Waals surface area (Å²) in [6.45, 7) is 8.35. The molecule has 0 spiro atoms. The standard InChI is InChI=1S/C24H26O5/c1-5-27-22(25)13-11-20-16(3)19-10-12-21(17(4)23(19)29-24(20)26)28-14-18-9-7-6-8-15(18)2/h6-10,12H,5,11,13-14H2,1-4H3. The van der Waals surface area contributed by atoms with E-state index in [9.17, 15) is 9.59 Å². The lowest BCUT2D eigenvalue weighted by Crippen LogP contribution is -2.14. The largest absolute Gasteiger partial charge is 0.488 e. The van der Waals surface area contributed by atoms with Crippen molar-refractivity contribution in [1.82, 2.24) is 0 Å². The summed E-state index contributed by atoms with van der Waals surface area (Å²) in [7, 11) is 0. The monoisotopic (exact) mass is 394 g/mol. The molecule has 3 rings (SSSR count). The number of carbonyl (C=O) groups is 1. The summed E-state index contributed by atoms with van der Waals surface area (Å²) in [6.07, 6.45) is 0.453. The SMILES string of the molecule is CCOC(=O)CCc1c(C)c2ccc(OCc3ccccc3C)c(C)c2oc1=O. The molecule has 0 bridgehead atoms. The summed E-state index contributed by atoms with van der Waals surface area (Å²) in [5, 5.41) is 0.851. The second-order valence-corrected chi connectivity index (χ2v) is 7.08. The first kappa shape index (κ1) is 20.6. The molecule has 2 aromatic carbocycles. The van der Waals surface area contributed by atoms with Gasteiger partial charge in [0.15, 0.2) is 0 Å². The van der Waals surface area contributed by atoms with Gasteiger partial charge in [0.1, 0.15) is 17.9 Å². The molecule has 0 amide bonds. The highest BCUT2D eigenvalue weighted by Gasteiger charge is 2.16. The second kappa shape index (κ2) is 8.95. The first-order chi connectivity index (χ1) is 13.9. The topological polar surface area (TPSA) is 65.7 Å². The molecule has 5 heteroatoms.